The maximum absolute atomic E-state index is 5.16. The van der Waals surface area contributed by atoms with Gasteiger partial charge in [-0.25, -0.2) is 9.97 Å². The van der Waals surface area contributed by atoms with Crippen molar-refractivity contribution in [3.05, 3.63) is 103 Å². The third-order valence-corrected chi connectivity index (χ3v) is 7.16. The van der Waals surface area contributed by atoms with Gasteiger partial charge in [-0.1, -0.05) is 66.7 Å². The quantitative estimate of drug-likeness (QED) is 0.284. The van der Waals surface area contributed by atoms with Crippen LogP contribution in [0.4, 0.5) is 0 Å². The number of hydrogen-bond donors (Lipinski definition) is 0. The molecule has 0 bridgehead atoms. The highest BCUT2D eigenvalue weighted by Gasteiger charge is 2.19. The van der Waals surface area contributed by atoms with Gasteiger partial charge in [0.05, 0.1) is 16.6 Å². The van der Waals surface area contributed by atoms with Crippen LogP contribution in [0.15, 0.2) is 103 Å². The van der Waals surface area contributed by atoms with Gasteiger partial charge in [0.15, 0.2) is 0 Å². The van der Waals surface area contributed by atoms with Gasteiger partial charge in [0.25, 0.3) is 0 Å². The number of rotatable bonds is 2. The lowest BCUT2D eigenvalue weighted by Crippen LogP contribution is -2.00. The van der Waals surface area contributed by atoms with Crippen LogP contribution in [0, 0.1) is 0 Å². The van der Waals surface area contributed by atoms with Crippen LogP contribution in [0.1, 0.15) is 0 Å². The average molecular weight is 428 g/mol. The first kappa shape index (κ1) is 17.6. The fourth-order valence-electron chi connectivity index (χ4n) is 4.65. The molecule has 0 radical (unpaired) electrons. The fraction of sp³-hybridized carbons (Fsp3) is 0. The summed E-state index contributed by atoms with van der Waals surface area (Å²) in [6.45, 7) is 0. The van der Waals surface area contributed by atoms with Crippen molar-refractivity contribution in [1.82, 2.24) is 14.5 Å². The summed E-state index contributed by atoms with van der Waals surface area (Å²) < 4.78 is 3.53. The smallest absolute Gasteiger partial charge is 0.145 e. The van der Waals surface area contributed by atoms with Crippen LogP contribution in [0.3, 0.4) is 0 Å². The standard InChI is InChI=1S/C28H17N3S/c1-2-9-18(10-3-1)19-13-8-16-29-27(19)31-23-14-6-4-12-21(23)26-24(31)17-22-20-11-5-7-15-25(20)32-28(22)30-26/h1-17H. The molecule has 0 N–H and O–H groups in total. The summed E-state index contributed by atoms with van der Waals surface area (Å²) in [7, 11) is 0. The van der Waals surface area contributed by atoms with Crippen molar-refractivity contribution in [2.45, 2.75) is 0 Å². The van der Waals surface area contributed by atoms with Gasteiger partial charge in [-0.05, 0) is 35.9 Å². The van der Waals surface area contributed by atoms with Gasteiger partial charge in [-0.2, -0.15) is 0 Å². The molecule has 150 valence electrons. The second kappa shape index (κ2) is 6.74. The van der Waals surface area contributed by atoms with E-state index in [2.05, 4.69) is 89.5 Å². The molecular formula is C28H17N3S. The summed E-state index contributed by atoms with van der Waals surface area (Å²) in [6, 6.07) is 33.9. The summed E-state index contributed by atoms with van der Waals surface area (Å²) in [5, 5.41) is 3.59. The molecule has 0 amide bonds. The Morgan fingerprint density at radius 2 is 1.44 bits per heavy atom. The van der Waals surface area contributed by atoms with E-state index >= 15 is 0 Å². The van der Waals surface area contributed by atoms with E-state index in [1.165, 1.54) is 15.5 Å². The van der Waals surface area contributed by atoms with Crippen LogP contribution in [0.5, 0.6) is 0 Å². The van der Waals surface area contributed by atoms with E-state index in [1.54, 1.807) is 11.3 Å². The maximum Gasteiger partial charge on any atom is 0.145 e. The number of nitrogens with zero attached hydrogens (tertiary/aromatic N) is 3. The minimum atomic E-state index is 0.922. The molecular weight excluding hydrogens is 410 g/mol. The third kappa shape index (κ3) is 2.47. The summed E-state index contributed by atoms with van der Waals surface area (Å²) in [5.74, 6) is 0.922. The minimum absolute atomic E-state index is 0.922. The van der Waals surface area contributed by atoms with Crippen molar-refractivity contribution in [3.63, 3.8) is 0 Å². The minimum Gasteiger partial charge on any atom is -0.292 e. The number of para-hydroxylation sites is 1. The molecule has 7 aromatic rings. The van der Waals surface area contributed by atoms with Gasteiger partial charge >= 0.3 is 0 Å². The highest BCUT2D eigenvalue weighted by molar-refractivity contribution is 7.25. The Bertz CT molecular complexity index is 1780. The second-order valence-electron chi connectivity index (χ2n) is 7.90. The Kier molecular flexibility index (Phi) is 3.72. The Morgan fingerprint density at radius 1 is 0.656 bits per heavy atom. The Balaban J connectivity index is 1.65. The maximum atomic E-state index is 5.16. The number of aromatic nitrogens is 3. The molecule has 32 heavy (non-hydrogen) atoms. The molecule has 0 aliphatic rings. The van der Waals surface area contributed by atoms with Crippen molar-refractivity contribution in [2.24, 2.45) is 0 Å². The van der Waals surface area contributed by atoms with E-state index in [0.29, 0.717) is 0 Å². The van der Waals surface area contributed by atoms with Crippen molar-refractivity contribution in [1.29, 1.82) is 0 Å². The van der Waals surface area contributed by atoms with Crippen LogP contribution < -0.4 is 0 Å². The normalized spacial score (nSPS) is 11.8. The molecule has 0 saturated carbocycles. The van der Waals surface area contributed by atoms with Crippen molar-refractivity contribution >= 4 is 53.6 Å². The Labute approximate surface area is 188 Å². The Morgan fingerprint density at radius 3 is 2.34 bits per heavy atom. The van der Waals surface area contributed by atoms with Gasteiger partial charge in [-0.15, -0.1) is 11.3 Å². The first-order valence-corrected chi connectivity index (χ1v) is 11.4. The first-order valence-electron chi connectivity index (χ1n) is 10.6. The predicted octanol–water partition coefficient (Wildman–Crippen LogP) is 7.61. The van der Waals surface area contributed by atoms with E-state index < -0.39 is 0 Å². The van der Waals surface area contributed by atoms with Gasteiger partial charge in [0.2, 0.25) is 0 Å². The third-order valence-electron chi connectivity index (χ3n) is 6.08. The summed E-state index contributed by atoms with van der Waals surface area (Å²) in [4.78, 5) is 11.1. The van der Waals surface area contributed by atoms with Crippen LogP contribution in [-0.4, -0.2) is 14.5 Å². The molecule has 0 fully saturated rings. The fourth-order valence-corrected chi connectivity index (χ4v) is 5.71. The molecule has 0 aliphatic carbocycles. The highest BCUT2D eigenvalue weighted by atomic mass is 32.1. The largest absolute Gasteiger partial charge is 0.292 e. The van der Waals surface area contributed by atoms with Crippen molar-refractivity contribution < 1.29 is 0 Å². The number of pyridine rings is 2. The van der Waals surface area contributed by atoms with Gasteiger partial charge in [-0.3, -0.25) is 4.57 Å². The van der Waals surface area contributed by atoms with E-state index in [1.807, 2.05) is 18.3 Å². The topological polar surface area (TPSA) is 30.7 Å². The van der Waals surface area contributed by atoms with Crippen LogP contribution in [0.25, 0.3) is 59.2 Å². The zero-order valence-electron chi connectivity index (χ0n) is 17.1. The summed E-state index contributed by atoms with van der Waals surface area (Å²) >= 11 is 1.75. The molecule has 0 saturated heterocycles. The van der Waals surface area contributed by atoms with Crippen molar-refractivity contribution in [3.8, 4) is 16.9 Å². The van der Waals surface area contributed by atoms with Crippen LogP contribution in [-0.2, 0) is 0 Å². The summed E-state index contributed by atoms with van der Waals surface area (Å²) in [6.07, 6.45) is 1.87. The molecule has 0 spiro atoms. The molecule has 0 atom stereocenters. The molecule has 4 heterocycles. The monoisotopic (exact) mass is 427 g/mol. The van der Waals surface area contributed by atoms with Crippen molar-refractivity contribution in [2.75, 3.05) is 0 Å². The molecule has 3 aromatic carbocycles. The molecule has 7 rings (SSSR count). The number of hydrogen-bond acceptors (Lipinski definition) is 3. The zero-order chi connectivity index (χ0) is 21.1. The lowest BCUT2D eigenvalue weighted by molar-refractivity contribution is 1.08. The predicted molar refractivity (Wildman–Crippen MR) is 135 cm³/mol. The molecule has 4 aromatic heterocycles. The number of fused-ring (bicyclic) bond motifs is 6. The lowest BCUT2D eigenvalue weighted by atomic mass is 10.1. The number of benzene rings is 3. The van der Waals surface area contributed by atoms with Gasteiger partial charge in [0, 0.05) is 32.6 Å². The van der Waals surface area contributed by atoms with Gasteiger partial charge < -0.3 is 0 Å². The second-order valence-corrected chi connectivity index (χ2v) is 8.93. The first-order chi connectivity index (χ1) is 15.9. The number of thiophene rings is 1. The van der Waals surface area contributed by atoms with Gasteiger partial charge in [0.1, 0.15) is 10.6 Å². The van der Waals surface area contributed by atoms with E-state index in [9.17, 15) is 0 Å². The molecule has 0 aliphatic heterocycles. The highest BCUT2D eigenvalue weighted by Crippen LogP contribution is 2.39. The summed E-state index contributed by atoms with van der Waals surface area (Å²) in [5.41, 5.74) is 5.47. The van der Waals surface area contributed by atoms with Crippen LogP contribution >= 0.6 is 11.3 Å². The lowest BCUT2D eigenvalue weighted by Gasteiger charge is -2.12. The zero-order valence-corrected chi connectivity index (χ0v) is 17.9. The SMILES string of the molecule is c1ccc(-c2cccnc2-n2c3ccccc3c3nc4sc5ccccc5c4cc32)cc1. The average Bonchev–Trinajstić information content (AvgIpc) is 3.38. The van der Waals surface area contributed by atoms with E-state index in [4.69, 9.17) is 9.97 Å². The van der Waals surface area contributed by atoms with E-state index in [0.717, 1.165) is 43.7 Å². The Hall–Kier alpha value is -4.02. The van der Waals surface area contributed by atoms with Crippen LogP contribution in [0.2, 0.25) is 0 Å². The molecule has 0 unspecified atom stereocenters. The molecule has 3 nitrogen and oxygen atoms in total. The van der Waals surface area contributed by atoms with E-state index in [-0.39, 0.29) is 0 Å². The molecule has 4 heteroatoms.